The number of allylic oxidation sites excluding steroid dienone is 2. The van der Waals surface area contributed by atoms with Crippen molar-refractivity contribution in [2.75, 3.05) is 13.2 Å². The first-order valence-corrected chi connectivity index (χ1v) is 15.3. The minimum absolute atomic E-state index is 0.00113. The van der Waals surface area contributed by atoms with Crippen molar-refractivity contribution in [3.63, 3.8) is 0 Å². The van der Waals surface area contributed by atoms with Gasteiger partial charge in [0.1, 0.15) is 24.9 Å². The van der Waals surface area contributed by atoms with Gasteiger partial charge in [-0.3, -0.25) is 9.59 Å². The highest BCUT2D eigenvalue weighted by atomic mass is 16.6. The molecule has 6 rings (SSSR count). The molecule has 0 bridgehead atoms. The molecule has 5 aliphatic rings. The van der Waals surface area contributed by atoms with E-state index in [1.54, 1.807) is 0 Å². The zero-order valence-corrected chi connectivity index (χ0v) is 24.5. The van der Waals surface area contributed by atoms with E-state index in [-0.39, 0.29) is 47.6 Å². The molecular formula is C34H40O8. The molecule has 0 spiro atoms. The second-order valence-corrected chi connectivity index (χ2v) is 13.1. The standard InChI is InChI=1S/C34H40O8/c1-21(36)42-24-12-15-34(19-39-20-35)23(16-24)8-9-25-27-10-11-28(33(27,2)14-13-29(25)34)26-18-41-32(38)30(26)31(37)40-17-22-6-4-3-5-7-22/h3-7,10,20,23-25,28-29H,8-9,11-19H2,1-2H3/t23-,24-,25-,28+,29-,33-,34+/m0/s1. The minimum atomic E-state index is -0.614. The molecule has 0 unspecified atom stereocenters. The third-order valence-electron chi connectivity index (χ3n) is 11.2. The summed E-state index contributed by atoms with van der Waals surface area (Å²) in [6.45, 7) is 4.94. The summed E-state index contributed by atoms with van der Waals surface area (Å²) in [5.74, 6) is -0.419. The lowest BCUT2D eigenvalue weighted by atomic mass is 9.45. The molecule has 7 atom stereocenters. The zero-order valence-electron chi connectivity index (χ0n) is 24.5. The Kier molecular flexibility index (Phi) is 7.75. The third kappa shape index (κ3) is 4.86. The molecule has 224 valence electrons. The van der Waals surface area contributed by atoms with E-state index in [4.69, 9.17) is 18.9 Å². The van der Waals surface area contributed by atoms with Crippen molar-refractivity contribution in [2.45, 2.75) is 77.9 Å². The van der Waals surface area contributed by atoms with E-state index in [9.17, 15) is 19.2 Å². The van der Waals surface area contributed by atoms with Crippen molar-refractivity contribution >= 4 is 24.4 Å². The van der Waals surface area contributed by atoms with Crippen LogP contribution in [0.1, 0.15) is 70.8 Å². The summed E-state index contributed by atoms with van der Waals surface area (Å²) in [6, 6.07) is 9.43. The van der Waals surface area contributed by atoms with Crippen molar-refractivity contribution in [3.05, 3.63) is 58.7 Å². The average Bonchev–Trinajstić information content (AvgIpc) is 3.54. The van der Waals surface area contributed by atoms with E-state index in [2.05, 4.69) is 13.0 Å². The van der Waals surface area contributed by atoms with Gasteiger partial charge < -0.3 is 18.9 Å². The molecule has 1 aliphatic heterocycles. The fourth-order valence-electron chi connectivity index (χ4n) is 9.39. The summed E-state index contributed by atoms with van der Waals surface area (Å²) in [6.07, 6.45) is 9.38. The van der Waals surface area contributed by atoms with Gasteiger partial charge in [-0.05, 0) is 91.6 Å². The van der Waals surface area contributed by atoms with Gasteiger partial charge in [0.15, 0.2) is 0 Å². The van der Waals surface area contributed by atoms with Gasteiger partial charge >= 0.3 is 17.9 Å². The number of carbonyl (C=O) groups excluding carboxylic acids is 4. The van der Waals surface area contributed by atoms with Gasteiger partial charge in [0.2, 0.25) is 0 Å². The van der Waals surface area contributed by atoms with Gasteiger partial charge in [-0.15, -0.1) is 0 Å². The monoisotopic (exact) mass is 576 g/mol. The lowest BCUT2D eigenvalue weighted by Gasteiger charge is -2.60. The molecule has 8 nitrogen and oxygen atoms in total. The van der Waals surface area contributed by atoms with Crippen molar-refractivity contribution in [1.29, 1.82) is 0 Å². The van der Waals surface area contributed by atoms with Gasteiger partial charge in [0.25, 0.3) is 6.47 Å². The summed E-state index contributed by atoms with van der Waals surface area (Å²) in [5, 5.41) is 0. The molecule has 0 aromatic heterocycles. The highest BCUT2D eigenvalue weighted by molar-refractivity contribution is 6.16. The molecule has 0 N–H and O–H groups in total. The Bertz CT molecular complexity index is 1310. The number of cyclic esters (lactones) is 1. The Morgan fingerprint density at radius 2 is 1.90 bits per heavy atom. The van der Waals surface area contributed by atoms with Crippen LogP contribution < -0.4 is 0 Å². The van der Waals surface area contributed by atoms with E-state index in [0.29, 0.717) is 30.8 Å². The Balaban J connectivity index is 1.24. The van der Waals surface area contributed by atoms with Crippen LogP contribution >= 0.6 is 0 Å². The number of benzene rings is 1. The molecule has 0 radical (unpaired) electrons. The van der Waals surface area contributed by atoms with Crippen LogP contribution in [0.2, 0.25) is 0 Å². The van der Waals surface area contributed by atoms with Gasteiger partial charge in [0, 0.05) is 12.3 Å². The Morgan fingerprint density at radius 1 is 1.10 bits per heavy atom. The topological polar surface area (TPSA) is 105 Å². The van der Waals surface area contributed by atoms with E-state index in [1.165, 1.54) is 12.5 Å². The zero-order chi connectivity index (χ0) is 29.5. The van der Waals surface area contributed by atoms with Crippen LogP contribution in [0.25, 0.3) is 0 Å². The fraction of sp³-hybridized carbons (Fsp3) is 0.588. The molecule has 0 saturated heterocycles. The van der Waals surface area contributed by atoms with Gasteiger partial charge in [-0.2, -0.15) is 0 Å². The second kappa shape index (κ2) is 11.3. The molecular weight excluding hydrogens is 536 g/mol. The largest absolute Gasteiger partial charge is 0.467 e. The van der Waals surface area contributed by atoms with Gasteiger partial charge in [-0.25, -0.2) is 9.59 Å². The average molecular weight is 577 g/mol. The van der Waals surface area contributed by atoms with E-state index in [0.717, 1.165) is 62.5 Å². The molecule has 42 heavy (non-hydrogen) atoms. The molecule has 1 aromatic rings. The lowest BCUT2D eigenvalue weighted by molar-refractivity contribution is -0.165. The first kappa shape index (κ1) is 28.7. The number of rotatable bonds is 8. The predicted octanol–water partition coefficient (Wildman–Crippen LogP) is 5.25. The maximum Gasteiger partial charge on any atom is 0.346 e. The van der Waals surface area contributed by atoms with Crippen LogP contribution in [-0.4, -0.2) is 43.7 Å². The van der Waals surface area contributed by atoms with Gasteiger partial charge in [0.05, 0.1) is 6.61 Å². The maximum atomic E-state index is 13.2. The highest BCUT2D eigenvalue weighted by Gasteiger charge is 2.60. The normalized spacial score (nSPS) is 35.2. The molecule has 8 heteroatoms. The quantitative estimate of drug-likeness (QED) is 0.136. The van der Waals surface area contributed by atoms with Crippen LogP contribution in [-0.2, 0) is 44.7 Å². The highest BCUT2D eigenvalue weighted by Crippen LogP contribution is 2.67. The summed E-state index contributed by atoms with van der Waals surface area (Å²) < 4.78 is 22.2. The summed E-state index contributed by atoms with van der Waals surface area (Å²) in [5.41, 5.74) is 2.78. The minimum Gasteiger partial charge on any atom is -0.467 e. The molecule has 4 aliphatic carbocycles. The number of hydrogen-bond donors (Lipinski definition) is 0. The Morgan fingerprint density at radius 3 is 2.67 bits per heavy atom. The van der Waals surface area contributed by atoms with Crippen LogP contribution in [0.5, 0.6) is 0 Å². The Labute approximate surface area is 246 Å². The van der Waals surface area contributed by atoms with Crippen molar-refractivity contribution in [3.8, 4) is 0 Å². The first-order valence-electron chi connectivity index (χ1n) is 15.3. The Hall–Kier alpha value is -3.42. The van der Waals surface area contributed by atoms with Crippen LogP contribution in [0.15, 0.2) is 53.1 Å². The molecule has 3 saturated carbocycles. The molecule has 1 heterocycles. The van der Waals surface area contributed by atoms with E-state index < -0.39 is 11.9 Å². The van der Waals surface area contributed by atoms with Crippen LogP contribution in [0.3, 0.4) is 0 Å². The number of fused-ring (bicyclic) bond motifs is 5. The second-order valence-electron chi connectivity index (χ2n) is 13.1. The summed E-state index contributed by atoms with van der Waals surface area (Å²) in [7, 11) is 0. The van der Waals surface area contributed by atoms with Crippen molar-refractivity contribution < 1.29 is 38.1 Å². The fourth-order valence-corrected chi connectivity index (χ4v) is 9.39. The number of ether oxygens (including phenoxy) is 4. The first-order chi connectivity index (χ1) is 20.3. The van der Waals surface area contributed by atoms with Crippen LogP contribution in [0, 0.1) is 34.5 Å². The van der Waals surface area contributed by atoms with Crippen molar-refractivity contribution in [1.82, 2.24) is 0 Å². The SMILES string of the molecule is CC(=O)O[C@H]1CC[C@@]2(COC=O)[C@@H](CC[C@H]3C4=CC[C@H](C5=C(C(=O)OCc6ccccc6)C(=O)OC5)[C@@]4(C)CC[C@@H]32)C1. The summed E-state index contributed by atoms with van der Waals surface area (Å²) in [4.78, 5) is 49.1. The number of hydrogen-bond acceptors (Lipinski definition) is 8. The van der Waals surface area contributed by atoms with Crippen molar-refractivity contribution in [2.24, 2.45) is 34.5 Å². The molecule has 3 fully saturated rings. The van der Waals surface area contributed by atoms with Gasteiger partial charge in [-0.1, -0.05) is 48.9 Å². The van der Waals surface area contributed by atoms with E-state index >= 15 is 0 Å². The number of esters is 3. The van der Waals surface area contributed by atoms with E-state index in [1.807, 2.05) is 30.3 Å². The molecule has 0 amide bonds. The smallest absolute Gasteiger partial charge is 0.346 e. The third-order valence-corrected chi connectivity index (χ3v) is 11.2. The maximum absolute atomic E-state index is 13.2. The predicted molar refractivity (Wildman–Crippen MR) is 151 cm³/mol. The van der Waals surface area contributed by atoms with Crippen LogP contribution in [0.4, 0.5) is 0 Å². The lowest BCUT2D eigenvalue weighted by Crippen LogP contribution is -2.55. The summed E-state index contributed by atoms with van der Waals surface area (Å²) >= 11 is 0. The number of carbonyl (C=O) groups is 4. The molecule has 1 aromatic carbocycles.